The average Bonchev–Trinajstić information content (AvgIpc) is 2.86. The van der Waals surface area contributed by atoms with E-state index in [1.165, 1.54) is 11.8 Å². The van der Waals surface area contributed by atoms with Crippen LogP contribution in [0.3, 0.4) is 0 Å². The highest BCUT2D eigenvalue weighted by atomic mass is 16.5. The molecule has 2 aliphatic rings. The van der Waals surface area contributed by atoms with Crippen LogP contribution in [0.2, 0.25) is 0 Å². The molecule has 2 aliphatic heterocycles. The van der Waals surface area contributed by atoms with Crippen LogP contribution in [-0.4, -0.2) is 102 Å². The Kier molecular flexibility index (Phi) is 5.91. The lowest BCUT2D eigenvalue weighted by Gasteiger charge is -2.35. The van der Waals surface area contributed by atoms with E-state index in [1.807, 2.05) is 0 Å². The Morgan fingerprint density at radius 3 is 2.64 bits per heavy atom. The molecule has 0 aromatic rings. The molecule has 1 atom stereocenters. The Morgan fingerprint density at radius 1 is 1.36 bits per heavy atom. The van der Waals surface area contributed by atoms with E-state index in [0.717, 1.165) is 9.80 Å². The lowest BCUT2D eigenvalue weighted by Crippen LogP contribution is -2.53. The van der Waals surface area contributed by atoms with Gasteiger partial charge in [0, 0.05) is 26.6 Å². The number of carboxylic acid groups (broad SMARTS) is 1. The summed E-state index contributed by atoms with van der Waals surface area (Å²) < 4.78 is 5.49. The van der Waals surface area contributed by atoms with Crippen molar-refractivity contribution < 1.29 is 33.8 Å². The number of morpholine rings is 1. The van der Waals surface area contributed by atoms with E-state index in [1.54, 1.807) is 0 Å². The molecule has 138 valence electrons. The number of carbonyl (C=O) groups is 5. The molecule has 5 amide bonds. The maximum atomic E-state index is 12.3. The number of urea groups is 1. The van der Waals surface area contributed by atoms with Crippen LogP contribution in [0.15, 0.2) is 0 Å². The summed E-state index contributed by atoms with van der Waals surface area (Å²) in [7, 11) is 0. The summed E-state index contributed by atoms with van der Waals surface area (Å²) in [5, 5.41) is 11.2. The molecule has 11 nitrogen and oxygen atoms in total. The highest BCUT2D eigenvalue weighted by Crippen LogP contribution is 2.09. The molecule has 2 N–H and O–H groups in total. The summed E-state index contributed by atoms with van der Waals surface area (Å²) in [6.07, 6.45) is -0.538. The molecule has 0 aliphatic carbocycles. The standard InChI is InChI=1S/C14H20N4O7/c1-9(19)17(8-13(22)23)6-10-5-16(2-3-25-10)12(21)7-18-11(20)4-15-14(18)24/h10H,2-8H2,1H3,(H,15,24)(H,22,23). The lowest BCUT2D eigenvalue weighted by molar-refractivity contribution is -0.148. The van der Waals surface area contributed by atoms with Gasteiger partial charge in [-0.25, -0.2) is 4.79 Å². The molecule has 1 unspecified atom stereocenters. The molecule has 0 saturated carbocycles. The second-order valence-corrected chi connectivity index (χ2v) is 5.76. The van der Waals surface area contributed by atoms with Crippen LogP contribution >= 0.6 is 0 Å². The van der Waals surface area contributed by atoms with Crippen molar-refractivity contribution in [2.75, 3.05) is 45.9 Å². The molecule has 2 saturated heterocycles. The highest BCUT2D eigenvalue weighted by molar-refractivity contribution is 6.04. The molecule has 2 heterocycles. The van der Waals surface area contributed by atoms with Gasteiger partial charge in [0.2, 0.25) is 11.8 Å². The number of carbonyl (C=O) groups excluding carboxylic acids is 4. The molecule has 0 aromatic heterocycles. The SMILES string of the molecule is CC(=O)N(CC(=O)O)CC1CN(C(=O)CN2C(=O)CNC2=O)CCO1. The van der Waals surface area contributed by atoms with Gasteiger partial charge in [-0.3, -0.25) is 24.1 Å². The van der Waals surface area contributed by atoms with E-state index in [9.17, 15) is 24.0 Å². The van der Waals surface area contributed by atoms with Gasteiger partial charge >= 0.3 is 12.0 Å². The summed E-state index contributed by atoms with van der Waals surface area (Å²) >= 11 is 0. The first-order valence-corrected chi connectivity index (χ1v) is 7.72. The zero-order valence-electron chi connectivity index (χ0n) is 13.8. The van der Waals surface area contributed by atoms with Crippen molar-refractivity contribution in [2.24, 2.45) is 0 Å². The second kappa shape index (κ2) is 7.92. The third kappa shape index (κ3) is 4.89. The van der Waals surface area contributed by atoms with Crippen LogP contribution in [0.25, 0.3) is 0 Å². The summed E-state index contributed by atoms with van der Waals surface area (Å²) in [6.45, 7) is 1.01. The lowest BCUT2D eigenvalue weighted by atomic mass is 10.2. The fourth-order valence-electron chi connectivity index (χ4n) is 2.62. The summed E-state index contributed by atoms with van der Waals surface area (Å²) in [5.74, 6) is -2.43. The van der Waals surface area contributed by atoms with Gasteiger partial charge in [0.05, 0.1) is 19.3 Å². The monoisotopic (exact) mass is 356 g/mol. The number of ether oxygens (including phenoxy) is 1. The first kappa shape index (κ1) is 18.6. The summed E-state index contributed by atoms with van der Waals surface area (Å²) in [6, 6.07) is -0.604. The van der Waals surface area contributed by atoms with E-state index < -0.39 is 42.4 Å². The van der Waals surface area contributed by atoms with E-state index in [4.69, 9.17) is 9.84 Å². The van der Waals surface area contributed by atoms with Gasteiger partial charge in [0.25, 0.3) is 5.91 Å². The predicted octanol–water partition coefficient (Wildman–Crippen LogP) is -2.30. The van der Waals surface area contributed by atoms with Crippen LogP contribution < -0.4 is 5.32 Å². The molecule has 25 heavy (non-hydrogen) atoms. The summed E-state index contributed by atoms with van der Waals surface area (Å²) in [4.78, 5) is 61.1. The Balaban J connectivity index is 1.92. The van der Waals surface area contributed by atoms with Crippen LogP contribution in [-0.2, 0) is 23.9 Å². The van der Waals surface area contributed by atoms with Crippen LogP contribution in [0.5, 0.6) is 0 Å². The molecule has 0 spiro atoms. The molecule has 2 rings (SSSR count). The Bertz CT molecular complexity index is 578. The third-order valence-electron chi connectivity index (χ3n) is 3.92. The van der Waals surface area contributed by atoms with Crippen molar-refractivity contribution in [3.63, 3.8) is 0 Å². The van der Waals surface area contributed by atoms with Gasteiger partial charge in [0.15, 0.2) is 0 Å². The van der Waals surface area contributed by atoms with Gasteiger partial charge in [-0.2, -0.15) is 0 Å². The van der Waals surface area contributed by atoms with Crippen molar-refractivity contribution in [2.45, 2.75) is 13.0 Å². The van der Waals surface area contributed by atoms with Gasteiger partial charge < -0.3 is 25.0 Å². The van der Waals surface area contributed by atoms with Crippen molar-refractivity contribution in [1.82, 2.24) is 20.0 Å². The first-order chi connectivity index (χ1) is 11.8. The third-order valence-corrected chi connectivity index (χ3v) is 3.92. The average molecular weight is 356 g/mol. The van der Waals surface area contributed by atoms with Crippen LogP contribution in [0.1, 0.15) is 6.92 Å². The van der Waals surface area contributed by atoms with Gasteiger partial charge in [0.1, 0.15) is 13.1 Å². The molecule has 0 aromatic carbocycles. The van der Waals surface area contributed by atoms with Crippen molar-refractivity contribution in [3.8, 4) is 0 Å². The number of aliphatic carboxylic acids is 1. The minimum atomic E-state index is -1.14. The van der Waals surface area contributed by atoms with E-state index >= 15 is 0 Å². The Labute approximate surface area is 143 Å². The zero-order chi connectivity index (χ0) is 18.6. The molecule has 11 heteroatoms. The first-order valence-electron chi connectivity index (χ1n) is 7.72. The smallest absolute Gasteiger partial charge is 0.325 e. The van der Waals surface area contributed by atoms with Gasteiger partial charge in [-0.05, 0) is 0 Å². The maximum Gasteiger partial charge on any atom is 0.325 e. The number of rotatable bonds is 6. The largest absolute Gasteiger partial charge is 0.480 e. The van der Waals surface area contributed by atoms with E-state index in [2.05, 4.69) is 5.32 Å². The van der Waals surface area contributed by atoms with Gasteiger partial charge in [-0.15, -0.1) is 0 Å². The topological polar surface area (TPSA) is 137 Å². The number of amides is 5. The molecule has 0 radical (unpaired) electrons. The number of nitrogens with one attached hydrogen (secondary N) is 1. The molecular formula is C14H20N4O7. The van der Waals surface area contributed by atoms with Crippen molar-refractivity contribution >= 4 is 29.7 Å². The van der Waals surface area contributed by atoms with Crippen molar-refractivity contribution in [1.29, 1.82) is 0 Å². The minimum absolute atomic E-state index is 0.0363. The number of hydrogen-bond donors (Lipinski definition) is 2. The normalized spacial score (nSPS) is 20.4. The fourth-order valence-corrected chi connectivity index (χ4v) is 2.62. The fraction of sp³-hybridized carbons (Fsp3) is 0.643. The second-order valence-electron chi connectivity index (χ2n) is 5.76. The number of imide groups is 1. The van der Waals surface area contributed by atoms with Crippen molar-refractivity contribution in [3.05, 3.63) is 0 Å². The summed E-state index contributed by atoms with van der Waals surface area (Å²) in [5.41, 5.74) is 0. The van der Waals surface area contributed by atoms with Crippen LogP contribution in [0, 0.1) is 0 Å². The minimum Gasteiger partial charge on any atom is -0.480 e. The molecule has 2 fully saturated rings. The van der Waals surface area contributed by atoms with E-state index in [-0.39, 0.29) is 39.3 Å². The Morgan fingerprint density at radius 2 is 2.08 bits per heavy atom. The maximum absolute atomic E-state index is 12.3. The Hall–Kier alpha value is -2.69. The zero-order valence-corrected chi connectivity index (χ0v) is 13.8. The molecule has 0 bridgehead atoms. The quantitative estimate of drug-likeness (QED) is 0.511. The van der Waals surface area contributed by atoms with Gasteiger partial charge in [-0.1, -0.05) is 0 Å². The highest BCUT2D eigenvalue weighted by Gasteiger charge is 2.33. The number of hydrogen-bond acceptors (Lipinski definition) is 6. The van der Waals surface area contributed by atoms with Crippen LogP contribution in [0.4, 0.5) is 4.79 Å². The number of nitrogens with zero attached hydrogens (tertiary/aromatic N) is 3. The molecular weight excluding hydrogens is 336 g/mol. The predicted molar refractivity (Wildman–Crippen MR) is 81.3 cm³/mol. The number of carboxylic acids is 1. The van der Waals surface area contributed by atoms with E-state index in [0.29, 0.717) is 0 Å².